The lowest BCUT2D eigenvalue weighted by Crippen LogP contribution is -3.11. The molecule has 0 fully saturated rings. The molecular weight excluding hydrogens is 326 g/mol. The highest BCUT2D eigenvalue weighted by Crippen LogP contribution is 2.26. The Kier molecular flexibility index (Phi) is 6.13. The summed E-state index contributed by atoms with van der Waals surface area (Å²) < 4.78 is 5.45. The summed E-state index contributed by atoms with van der Waals surface area (Å²) >= 11 is 0. The molecule has 3 heterocycles. The molecule has 1 unspecified atom stereocenters. The lowest BCUT2D eigenvalue weighted by Gasteiger charge is -2.26. The summed E-state index contributed by atoms with van der Waals surface area (Å²) in [5.74, 6) is 2.73. The zero-order chi connectivity index (χ0) is 18.4. The number of nitrogens with one attached hydrogen (secondary N) is 4. The van der Waals surface area contributed by atoms with Gasteiger partial charge in [-0.25, -0.2) is 4.98 Å². The summed E-state index contributed by atoms with van der Waals surface area (Å²) in [7, 11) is 0. The van der Waals surface area contributed by atoms with Gasteiger partial charge in [-0.15, -0.1) is 0 Å². The third kappa shape index (κ3) is 4.00. The predicted octanol–water partition coefficient (Wildman–Crippen LogP) is 1.75. The van der Waals surface area contributed by atoms with Gasteiger partial charge in [-0.1, -0.05) is 13.3 Å². The standard InChI is InChI=1S/C20H27N5O/c1-3-5-9-22-19-17(12-21)16-8-10-25(4-2)14-18(16)20(24-19)23-13-15-7-6-11-26-15/h6-7,11H,3-5,8-10,13-14H2,1-2H3,(H2,22,23,24)/p+2. The molecule has 0 aromatic carbocycles. The Bertz CT molecular complexity index is 763. The molecule has 2 aromatic rings. The Labute approximate surface area is 155 Å². The quantitative estimate of drug-likeness (QED) is 0.630. The molecule has 0 aliphatic carbocycles. The van der Waals surface area contributed by atoms with Crippen LogP contribution >= 0.6 is 0 Å². The van der Waals surface area contributed by atoms with Crippen molar-refractivity contribution in [2.24, 2.45) is 0 Å². The Hall–Kier alpha value is -2.52. The number of likely N-dealkylation sites (N-methyl/N-ethyl adjacent to an activating group) is 1. The van der Waals surface area contributed by atoms with Crippen molar-refractivity contribution in [1.82, 2.24) is 0 Å². The number of quaternary nitrogens is 1. The molecule has 1 aliphatic rings. The molecule has 6 heteroatoms. The number of fused-ring (bicyclic) bond motifs is 1. The minimum Gasteiger partial charge on any atom is -0.466 e. The van der Waals surface area contributed by atoms with Gasteiger partial charge < -0.3 is 14.6 Å². The second kappa shape index (κ2) is 8.72. The van der Waals surface area contributed by atoms with Crippen LogP contribution in [0.3, 0.4) is 0 Å². The van der Waals surface area contributed by atoms with E-state index in [0.29, 0.717) is 6.54 Å². The van der Waals surface area contributed by atoms with Crippen LogP contribution in [0.4, 0.5) is 11.6 Å². The van der Waals surface area contributed by atoms with Crippen LogP contribution in [0.1, 0.15) is 49.1 Å². The van der Waals surface area contributed by atoms with E-state index in [1.807, 2.05) is 12.1 Å². The fourth-order valence-corrected chi connectivity index (χ4v) is 3.51. The first-order valence-electron chi connectivity index (χ1n) is 9.61. The van der Waals surface area contributed by atoms with Gasteiger partial charge in [-0.05, 0) is 31.0 Å². The van der Waals surface area contributed by atoms with E-state index in [4.69, 9.17) is 4.42 Å². The van der Waals surface area contributed by atoms with Crippen LogP contribution in [0.25, 0.3) is 0 Å². The van der Waals surface area contributed by atoms with Crippen molar-refractivity contribution in [2.45, 2.75) is 46.2 Å². The maximum absolute atomic E-state index is 9.77. The molecule has 0 bridgehead atoms. The van der Waals surface area contributed by atoms with Crippen molar-refractivity contribution < 1.29 is 14.3 Å². The number of aromatic nitrogens is 1. The van der Waals surface area contributed by atoms with Crippen LogP contribution in [0.5, 0.6) is 0 Å². The summed E-state index contributed by atoms with van der Waals surface area (Å²) in [6.07, 6.45) is 4.83. The molecular formula is C20H29N5O+2. The zero-order valence-corrected chi connectivity index (χ0v) is 15.7. The monoisotopic (exact) mass is 355 g/mol. The first-order chi connectivity index (χ1) is 12.8. The fourth-order valence-electron chi connectivity index (χ4n) is 3.51. The van der Waals surface area contributed by atoms with Crippen LogP contribution in [0.15, 0.2) is 22.8 Å². The van der Waals surface area contributed by atoms with E-state index < -0.39 is 0 Å². The molecule has 1 aliphatic heterocycles. The Morgan fingerprint density at radius 1 is 1.27 bits per heavy atom. The SMILES string of the molecule is CCCCNc1[nH+]c(NCc2ccco2)c2c(c1C#N)CC[NH+](CC)C2. The van der Waals surface area contributed by atoms with Crippen molar-refractivity contribution >= 4 is 11.6 Å². The van der Waals surface area contributed by atoms with E-state index >= 15 is 0 Å². The highest BCUT2D eigenvalue weighted by Gasteiger charge is 2.29. The molecule has 3 rings (SSSR count). The summed E-state index contributed by atoms with van der Waals surface area (Å²) in [5.41, 5.74) is 3.19. The minimum absolute atomic E-state index is 0.623. The molecule has 26 heavy (non-hydrogen) atoms. The van der Waals surface area contributed by atoms with Gasteiger partial charge in [0.2, 0.25) is 11.6 Å². The van der Waals surface area contributed by atoms with Crippen molar-refractivity contribution in [3.63, 3.8) is 0 Å². The second-order valence-electron chi connectivity index (χ2n) is 6.81. The third-order valence-electron chi connectivity index (χ3n) is 5.09. The molecule has 0 saturated heterocycles. The lowest BCUT2D eigenvalue weighted by molar-refractivity contribution is -0.914. The molecule has 2 aromatic heterocycles. The largest absolute Gasteiger partial charge is 0.466 e. The molecule has 4 N–H and O–H groups in total. The van der Waals surface area contributed by atoms with Crippen LogP contribution in [-0.4, -0.2) is 19.6 Å². The van der Waals surface area contributed by atoms with Gasteiger partial charge in [0.25, 0.3) is 0 Å². The number of nitrogens with zero attached hydrogens (tertiary/aromatic N) is 1. The average Bonchev–Trinajstić information content (AvgIpc) is 3.19. The number of unbranched alkanes of at least 4 members (excludes halogenated alkanes) is 1. The van der Waals surface area contributed by atoms with Gasteiger partial charge >= 0.3 is 0 Å². The molecule has 6 nitrogen and oxygen atoms in total. The Morgan fingerprint density at radius 2 is 2.15 bits per heavy atom. The Morgan fingerprint density at radius 3 is 2.85 bits per heavy atom. The van der Waals surface area contributed by atoms with Crippen LogP contribution < -0.4 is 20.5 Å². The van der Waals surface area contributed by atoms with Crippen molar-refractivity contribution in [2.75, 3.05) is 30.3 Å². The van der Waals surface area contributed by atoms with E-state index in [-0.39, 0.29) is 0 Å². The number of aromatic amines is 1. The highest BCUT2D eigenvalue weighted by molar-refractivity contribution is 5.60. The maximum atomic E-state index is 9.77. The molecule has 0 amide bonds. The van der Waals surface area contributed by atoms with Gasteiger partial charge in [0.1, 0.15) is 30.5 Å². The van der Waals surface area contributed by atoms with Crippen LogP contribution in [0, 0.1) is 11.3 Å². The number of pyridine rings is 1. The minimum atomic E-state index is 0.623. The number of hydrogen-bond donors (Lipinski definition) is 3. The summed E-state index contributed by atoms with van der Waals surface area (Å²) in [6.45, 7) is 8.98. The van der Waals surface area contributed by atoms with Gasteiger partial charge in [0.05, 0.1) is 31.5 Å². The number of hydrogen-bond acceptors (Lipinski definition) is 4. The molecule has 0 spiro atoms. The van der Waals surface area contributed by atoms with Gasteiger partial charge in [-0.3, -0.25) is 5.32 Å². The topological polar surface area (TPSA) is 79.6 Å². The van der Waals surface area contributed by atoms with Crippen molar-refractivity contribution in [3.05, 3.63) is 40.8 Å². The van der Waals surface area contributed by atoms with E-state index in [1.54, 1.807) is 11.2 Å². The molecule has 0 saturated carbocycles. The number of H-pyrrole nitrogens is 1. The molecule has 0 radical (unpaired) electrons. The Balaban J connectivity index is 1.93. The normalized spacial score (nSPS) is 16.0. The first-order valence-corrected chi connectivity index (χ1v) is 9.61. The van der Waals surface area contributed by atoms with E-state index in [9.17, 15) is 5.26 Å². The number of furan rings is 1. The fraction of sp³-hybridized carbons (Fsp3) is 0.500. The summed E-state index contributed by atoms with van der Waals surface area (Å²) in [5, 5.41) is 16.7. The average molecular weight is 355 g/mol. The lowest BCUT2D eigenvalue weighted by atomic mass is 9.95. The van der Waals surface area contributed by atoms with Gasteiger partial charge in [0, 0.05) is 6.42 Å². The zero-order valence-electron chi connectivity index (χ0n) is 15.7. The first kappa shape index (κ1) is 18.3. The van der Waals surface area contributed by atoms with E-state index in [2.05, 4.69) is 35.5 Å². The van der Waals surface area contributed by atoms with E-state index in [1.165, 1.54) is 11.1 Å². The van der Waals surface area contributed by atoms with Crippen molar-refractivity contribution in [3.8, 4) is 6.07 Å². The number of rotatable bonds is 8. The summed E-state index contributed by atoms with van der Waals surface area (Å²) in [4.78, 5) is 5.00. The van der Waals surface area contributed by atoms with Crippen LogP contribution in [-0.2, 0) is 19.5 Å². The predicted molar refractivity (Wildman–Crippen MR) is 101 cm³/mol. The number of nitriles is 1. The van der Waals surface area contributed by atoms with Gasteiger partial charge in [-0.2, -0.15) is 5.26 Å². The van der Waals surface area contributed by atoms with Gasteiger partial charge in [0.15, 0.2) is 0 Å². The second-order valence-corrected chi connectivity index (χ2v) is 6.81. The van der Waals surface area contributed by atoms with Crippen molar-refractivity contribution in [1.29, 1.82) is 5.26 Å². The van der Waals surface area contributed by atoms with E-state index in [0.717, 1.165) is 68.4 Å². The smallest absolute Gasteiger partial charge is 0.237 e. The third-order valence-corrected chi connectivity index (χ3v) is 5.09. The highest BCUT2D eigenvalue weighted by atomic mass is 16.3. The molecule has 138 valence electrons. The summed E-state index contributed by atoms with van der Waals surface area (Å²) in [6, 6.07) is 6.29. The van der Waals surface area contributed by atoms with Crippen LogP contribution in [0.2, 0.25) is 0 Å². The number of anilines is 2. The molecule has 1 atom stereocenters. The maximum Gasteiger partial charge on any atom is 0.237 e.